The van der Waals surface area contributed by atoms with Gasteiger partial charge in [0, 0.05) is 12.0 Å². The van der Waals surface area contributed by atoms with Crippen molar-refractivity contribution in [3.8, 4) is 5.75 Å². The molecule has 1 atom stereocenters. The summed E-state index contributed by atoms with van der Waals surface area (Å²) in [6, 6.07) is 0. The Bertz CT molecular complexity index is 430. The highest BCUT2D eigenvalue weighted by molar-refractivity contribution is 5.65. The summed E-state index contributed by atoms with van der Waals surface area (Å²) < 4.78 is 5.83. The molecule has 2 aliphatic rings. The minimum Gasteiger partial charge on any atom is -0.490 e. The average Bonchev–Trinajstić information content (AvgIpc) is 3.03. The topological polar surface area (TPSA) is 9.23 Å². The highest BCUT2D eigenvalue weighted by atomic mass is 16.5. The van der Waals surface area contributed by atoms with Crippen molar-refractivity contribution in [2.45, 2.75) is 66.4 Å². The van der Waals surface area contributed by atoms with E-state index in [2.05, 4.69) is 34.6 Å². The summed E-state index contributed by atoms with van der Waals surface area (Å²) in [7, 11) is 0. The molecule has 0 saturated heterocycles. The van der Waals surface area contributed by atoms with Crippen molar-refractivity contribution in [3.63, 3.8) is 0 Å². The molecule has 0 fully saturated rings. The van der Waals surface area contributed by atoms with Crippen molar-refractivity contribution in [1.29, 1.82) is 0 Å². The first kappa shape index (κ1) is 12.5. The van der Waals surface area contributed by atoms with Crippen molar-refractivity contribution < 1.29 is 4.74 Å². The minimum atomic E-state index is 0.389. The molecule has 0 N–H and O–H groups in total. The van der Waals surface area contributed by atoms with Gasteiger partial charge >= 0.3 is 0 Å². The van der Waals surface area contributed by atoms with Gasteiger partial charge in [-0.05, 0) is 49.4 Å². The fourth-order valence-electron chi connectivity index (χ4n) is 2.45. The molecular weight excluding hydrogens is 208 g/mol. The zero-order valence-electron chi connectivity index (χ0n) is 11.8. The van der Waals surface area contributed by atoms with Crippen LogP contribution in [-0.2, 0) is 12.8 Å². The quantitative estimate of drug-likeness (QED) is 0.710. The predicted octanol–water partition coefficient (Wildman–Crippen LogP) is 4.34. The molecule has 0 radical (unpaired) electrons. The largest absolute Gasteiger partial charge is 0.490 e. The molecule has 1 heteroatoms. The minimum absolute atomic E-state index is 0.389. The molecule has 1 nitrogen and oxygen atoms in total. The third-order valence-corrected chi connectivity index (χ3v) is 3.90. The smallest absolute Gasteiger partial charge is 0.126 e. The Morgan fingerprint density at radius 2 is 1.65 bits per heavy atom. The number of ether oxygens (including phenoxy) is 1. The van der Waals surface area contributed by atoms with Crippen molar-refractivity contribution in [1.82, 2.24) is 0 Å². The number of hydrogen-bond donors (Lipinski definition) is 0. The fourth-order valence-corrected chi connectivity index (χ4v) is 2.45. The molecule has 1 aliphatic carbocycles. The first-order chi connectivity index (χ1) is 8.10. The van der Waals surface area contributed by atoms with E-state index in [1.54, 1.807) is 11.1 Å². The Balaban J connectivity index is 0.000000239. The second kappa shape index (κ2) is 4.72. The van der Waals surface area contributed by atoms with Gasteiger partial charge in [-0.3, -0.25) is 0 Å². The van der Waals surface area contributed by atoms with Crippen LogP contribution in [0.5, 0.6) is 5.75 Å². The highest BCUT2D eigenvalue weighted by Crippen LogP contribution is 2.46. The van der Waals surface area contributed by atoms with E-state index >= 15 is 0 Å². The zero-order valence-corrected chi connectivity index (χ0v) is 11.8. The lowest BCUT2D eigenvalue weighted by Crippen LogP contribution is -2.05. The van der Waals surface area contributed by atoms with Gasteiger partial charge in [-0.15, -0.1) is 0 Å². The molecule has 1 heterocycles. The summed E-state index contributed by atoms with van der Waals surface area (Å²) >= 11 is 0. The monoisotopic (exact) mass is 232 g/mol. The van der Waals surface area contributed by atoms with E-state index in [4.69, 9.17) is 4.74 Å². The molecule has 17 heavy (non-hydrogen) atoms. The van der Waals surface area contributed by atoms with Gasteiger partial charge in [0.25, 0.3) is 0 Å². The van der Waals surface area contributed by atoms with E-state index in [1.165, 1.54) is 41.7 Å². The molecular formula is C16H24O. The van der Waals surface area contributed by atoms with Gasteiger partial charge < -0.3 is 4.74 Å². The van der Waals surface area contributed by atoms with Crippen molar-refractivity contribution in [2.75, 3.05) is 0 Å². The summed E-state index contributed by atoms with van der Waals surface area (Å²) in [6.45, 7) is 10.9. The summed E-state index contributed by atoms with van der Waals surface area (Å²) in [5.74, 6) is 1.20. The normalized spacial score (nSPS) is 18.8. The lowest BCUT2D eigenvalue weighted by Gasteiger charge is -2.07. The van der Waals surface area contributed by atoms with Gasteiger partial charge in [-0.25, -0.2) is 0 Å². The number of hydrogen-bond acceptors (Lipinski definition) is 1. The molecule has 94 valence electrons. The Kier molecular flexibility index (Phi) is 3.46. The first-order valence-electron chi connectivity index (χ1n) is 6.90. The van der Waals surface area contributed by atoms with E-state index in [0.717, 1.165) is 6.42 Å². The zero-order chi connectivity index (χ0) is 12.6. The molecule has 0 aromatic heterocycles. The molecule has 1 aromatic carbocycles. The maximum absolute atomic E-state index is 5.83. The predicted molar refractivity (Wildman–Crippen MR) is 73.1 cm³/mol. The van der Waals surface area contributed by atoms with Crippen LogP contribution < -0.4 is 4.74 Å². The van der Waals surface area contributed by atoms with Gasteiger partial charge in [0.05, 0.1) is 0 Å². The van der Waals surface area contributed by atoms with Crippen LogP contribution in [0, 0.1) is 13.8 Å². The van der Waals surface area contributed by atoms with E-state index in [0.29, 0.717) is 6.10 Å². The molecule has 0 saturated carbocycles. The van der Waals surface area contributed by atoms with Gasteiger partial charge in [0.15, 0.2) is 0 Å². The molecule has 0 spiro atoms. The van der Waals surface area contributed by atoms with Crippen LogP contribution in [0.1, 0.15) is 61.4 Å². The van der Waals surface area contributed by atoms with Crippen molar-refractivity contribution >= 4 is 0 Å². The standard InChI is InChI=1S/C12H14O.C4H10/c1-6-4-11-10-5-9(10)7(2)8(3)12(11)13-6;1-3-4-2/h6H,4-5H2,1-3H3;3-4H2,1-2H3. The van der Waals surface area contributed by atoms with Crippen molar-refractivity contribution in [2.24, 2.45) is 0 Å². The Labute approximate surface area is 105 Å². The Morgan fingerprint density at radius 3 is 2.24 bits per heavy atom. The molecule has 0 amide bonds. The van der Waals surface area contributed by atoms with Gasteiger partial charge in [0.2, 0.25) is 0 Å². The summed E-state index contributed by atoms with van der Waals surface area (Å²) in [5.41, 5.74) is 7.51. The SMILES string of the molecule is CCCC.Cc1c(C)c2c(c3c1C3)CC(C)O2. The van der Waals surface area contributed by atoms with Gasteiger partial charge in [-0.1, -0.05) is 26.7 Å². The van der Waals surface area contributed by atoms with Crippen LogP contribution in [-0.4, -0.2) is 6.10 Å². The van der Waals surface area contributed by atoms with E-state index in [1.807, 2.05) is 0 Å². The van der Waals surface area contributed by atoms with Crippen molar-refractivity contribution in [3.05, 3.63) is 27.8 Å². The molecule has 0 bridgehead atoms. The van der Waals surface area contributed by atoms with Gasteiger partial charge in [-0.2, -0.15) is 0 Å². The molecule has 1 unspecified atom stereocenters. The van der Waals surface area contributed by atoms with Crippen LogP contribution in [0.4, 0.5) is 0 Å². The molecule has 1 aliphatic heterocycles. The summed E-state index contributed by atoms with van der Waals surface area (Å²) in [6.07, 6.45) is 5.37. The van der Waals surface area contributed by atoms with Gasteiger partial charge in [0.1, 0.15) is 11.9 Å². The van der Waals surface area contributed by atoms with Crippen LogP contribution in [0.15, 0.2) is 0 Å². The van der Waals surface area contributed by atoms with E-state index < -0.39 is 0 Å². The number of benzene rings is 1. The number of fused-ring (bicyclic) bond motifs is 3. The highest BCUT2D eigenvalue weighted by Gasteiger charge is 2.33. The number of unbranched alkanes of at least 4 members (excludes halogenated alkanes) is 1. The second-order valence-corrected chi connectivity index (χ2v) is 5.32. The maximum atomic E-state index is 5.83. The Morgan fingerprint density at radius 1 is 1.00 bits per heavy atom. The molecule has 3 rings (SSSR count). The number of rotatable bonds is 1. The van der Waals surface area contributed by atoms with Crippen LogP contribution in [0.2, 0.25) is 0 Å². The van der Waals surface area contributed by atoms with E-state index in [9.17, 15) is 0 Å². The second-order valence-electron chi connectivity index (χ2n) is 5.32. The molecule has 1 aromatic rings. The Hall–Kier alpha value is -0.980. The first-order valence-corrected chi connectivity index (χ1v) is 6.90. The van der Waals surface area contributed by atoms with E-state index in [-0.39, 0.29) is 0 Å². The summed E-state index contributed by atoms with van der Waals surface area (Å²) in [5, 5.41) is 0. The third kappa shape index (κ3) is 2.20. The van der Waals surface area contributed by atoms with Crippen LogP contribution in [0.25, 0.3) is 0 Å². The third-order valence-electron chi connectivity index (χ3n) is 3.90. The lowest BCUT2D eigenvalue weighted by molar-refractivity contribution is 0.253. The van der Waals surface area contributed by atoms with Crippen LogP contribution in [0.3, 0.4) is 0 Å². The average molecular weight is 232 g/mol. The summed E-state index contributed by atoms with van der Waals surface area (Å²) in [4.78, 5) is 0. The van der Waals surface area contributed by atoms with Crippen LogP contribution >= 0.6 is 0 Å². The maximum Gasteiger partial charge on any atom is 0.126 e. The lowest BCUT2D eigenvalue weighted by atomic mass is 10.0. The fraction of sp³-hybridized carbons (Fsp3) is 0.625.